The Morgan fingerprint density at radius 1 is 1.10 bits per heavy atom. The van der Waals surface area contributed by atoms with Crippen molar-refractivity contribution in [1.29, 1.82) is 0 Å². The molecule has 3 rings (SSSR count). The molecule has 0 saturated carbocycles. The van der Waals surface area contributed by atoms with E-state index in [1.807, 2.05) is 4.90 Å². The summed E-state index contributed by atoms with van der Waals surface area (Å²) in [6.07, 6.45) is 6.39. The third-order valence-electron chi connectivity index (χ3n) is 5.37. The molecule has 3 aliphatic heterocycles. The number of carbonyl (C=O) groups is 2. The van der Waals surface area contributed by atoms with Gasteiger partial charge in [0.2, 0.25) is 11.8 Å². The number of piperidine rings is 2. The van der Waals surface area contributed by atoms with Gasteiger partial charge in [0.1, 0.15) is 6.04 Å². The summed E-state index contributed by atoms with van der Waals surface area (Å²) in [5.41, 5.74) is 0. The lowest BCUT2D eigenvalue weighted by atomic mass is 9.81. The highest BCUT2D eigenvalue weighted by molar-refractivity contribution is 5.89. The standard InChI is InChI=1S/C15H25N3O2/c1-10-15(20)18(7-6-14(19)16-10)13-8-11-4-3-5-12(9-13)17(11)2/h10-13H,3-9H2,1-2H3,(H,16,19). The average Bonchev–Trinajstić information content (AvgIpc) is 2.50. The Labute approximate surface area is 120 Å². The molecule has 20 heavy (non-hydrogen) atoms. The lowest BCUT2D eigenvalue weighted by Gasteiger charge is -2.49. The van der Waals surface area contributed by atoms with Gasteiger partial charge in [0.05, 0.1) is 0 Å². The minimum atomic E-state index is -0.371. The first-order valence-corrected chi connectivity index (χ1v) is 7.88. The van der Waals surface area contributed by atoms with Gasteiger partial charge in [0.25, 0.3) is 0 Å². The van der Waals surface area contributed by atoms with Crippen LogP contribution in [-0.4, -0.2) is 59.4 Å². The van der Waals surface area contributed by atoms with Gasteiger partial charge in [-0.25, -0.2) is 0 Å². The summed E-state index contributed by atoms with van der Waals surface area (Å²) >= 11 is 0. The van der Waals surface area contributed by atoms with Crippen LogP contribution in [0, 0.1) is 0 Å². The van der Waals surface area contributed by atoms with Gasteiger partial charge in [0, 0.05) is 31.1 Å². The van der Waals surface area contributed by atoms with Crippen molar-refractivity contribution in [3.63, 3.8) is 0 Å². The van der Waals surface area contributed by atoms with E-state index in [0.717, 1.165) is 12.8 Å². The molecule has 0 aliphatic carbocycles. The zero-order valence-corrected chi connectivity index (χ0v) is 12.5. The predicted octanol–water partition coefficient (Wildman–Crippen LogP) is 0.739. The van der Waals surface area contributed by atoms with Crippen LogP contribution in [0.4, 0.5) is 0 Å². The molecule has 112 valence electrons. The van der Waals surface area contributed by atoms with Crippen molar-refractivity contribution in [2.75, 3.05) is 13.6 Å². The SMILES string of the molecule is CC1NC(=O)CCN(C2CC3CCCC(C2)N3C)C1=O. The van der Waals surface area contributed by atoms with Gasteiger partial charge in [-0.3, -0.25) is 9.59 Å². The highest BCUT2D eigenvalue weighted by Gasteiger charge is 2.40. The van der Waals surface area contributed by atoms with Crippen molar-refractivity contribution in [2.24, 2.45) is 0 Å². The summed E-state index contributed by atoms with van der Waals surface area (Å²) in [4.78, 5) is 28.6. The van der Waals surface area contributed by atoms with Crippen LogP contribution >= 0.6 is 0 Å². The quantitative estimate of drug-likeness (QED) is 0.770. The molecule has 1 N–H and O–H groups in total. The largest absolute Gasteiger partial charge is 0.345 e. The van der Waals surface area contributed by atoms with Crippen molar-refractivity contribution in [3.05, 3.63) is 0 Å². The van der Waals surface area contributed by atoms with Crippen LogP contribution in [0.1, 0.15) is 45.4 Å². The number of carbonyl (C=O) groups excluding carboxylic acids is 2. The number of rotatable bonds is 1. The second kappa shape index (κ2) is 5.35. The maximum Gasteiger partial charge on any atom is 0.245 e. The number of hydrogen-bond acceptors (Lipinski definition) is 3. The summed E-state index contributed by atoms with van der Waals surface area (Å²) in [7, 11) is 2.22. The lowest BCUT2D eigenvalue weighted by Crippen LogP contribution is -2.57. The van der Waals surface area contributed by atoms with Gasteiger partial charge in [-0.05, 0) is 39.7 Å². The van der Waals surface area contributed by atoms with Gasteiger partial charge in [-0.2, -0.15) is 0 Å². The minimum absolute atomic E-state index is 0.00136. The van der Waals surface area contributed by atoms with Crippen molar-refractivity contribution in [1.82, 2.24) is 15.1 Å². The average molecular weight is 279 g/mol. The van der Waals surface area contributed by atoms with Crippen molar-refractivity contribution < 1.29 is 9.59 Å². The number of amides is 2. The zero-order chi connectivity index (χ0) is 14.3. The fourth-order valence-corrected chi connectivity index (χ4v) is 4.16. The lowest BCUT2D eigenvalue weighted by molar-refractivity contribution is -0.137. The smallest absolute Gasteiger partial charge is 0.245 e. The summed E-state index contributed by atoms with van der Waals surface area (Å²) < 4.78 is 0. The molecule has 2 bridgehead atoms. The molecule has 0 aromatic carbocycles. The molecule has 3 fully saturated rings. The van der Waals surface area contributed by atoms with Crippen molar-refractivity contribution in [3.8, 4) is 0 Å². The summed E-state index contributed by atoms with van der Waals surface area (Å²) in [5, 5.41) is 2.78. The third kappa shape index (κ3) is 2.43. The van der Waals surface area contributed by atoms with Gasteiger partial charge < -0.3 is 15.1 Å². The van der Waals surface area contributed by atoms with Crippen LogP contribution in [-0.2, 0) is 9.59 Å². The fraction of sp³-hybridized carbons (Fsp3) is 0.867. The summed E-state index contributed by atoms with van der Waals surface area (Å²) in [5.74, 6) is 0.102. The molecule has 3 aliphatic rings. The number of hydrogen-bond donors (Lipinski definition) is 1. The molecule has 3 atom stereocenters. The molecule has 5 nitrogen and oxygen atoms in total. The number of fused-ring (bicyclic) bond motifs is 2. The van der Waals surface area contributed by atoms with E-state index in [9.17, 15) is 9.59 Å². The highest BCUT2D eigenvalue weighted by Crippen LogP contribution is 2.35. The Kier molecular flexibility index (Phi) is 3.71. The molecule has 0 aromatic rings. The van der Waals surface area contributed by atoms with Gasteiger partial charge in [-0.15, -0.1) is 0 Å². The highest BCUT2D eigenvalue weighted by atomic mass is 16.2. The topological polar surface area (TPSA) is 52.7 Å². The molecule has 0 radical (unpaired) electrons. The maximum atomic E-state index is 12.5. The van der Waals surface area contributed by atoms with Gasteiger partial charge >= 0.3 is 0 Å². The summed E-state index contributed by atoms with van der Waals surface area (Å²) in [6, 6.07) is 1.18. The van der Waals surface area contributed by atoms with E-state index < -0.39 is 0 Å². The van der Waals surface area contributed by atoms with Crippen LogP contribution < -0.4 is 5.32 Å². The van der Waals surface area contributed by atoms with E-state index in [4.69, 9.17) is 0 Å². The predicted molar refractivity (Wildman–Crippen MR) is 76.1 cm³/mol. The Morgan fingerprint density at radius 2 is 1.75 bits per heavy atom. The summed E-state index contributed by atoms with van der Waals surface area (Å²) in [6.45, 7) is 2.39. The van der Waals surface area contributed by atoms with E-state index in [-0.39, 0.29) is 17.9 Å². The first kappa shape index (κ1) is 13.9. The molecule has 2 amide bonds. The Bertz CT molecular complexity index is 398. The second-order valence-corrected chi connectivity index (χ2v) is 6.60. The van der Waals surface area contributed by atoms with Crippen LogP contribution in [0.2, 0.25) is 0 Å². The van der Waals surface area contributed by atoms with E-state index in [1.165, 1.54) is 19.3 Å². The Hall–Kier alpha value is -1.10. The maximum absolute atomic E-state index is 12.5. The van der Waals surface area contributed by atoms with Crippen molar-refractivity contribution >= 4 is 11.8 Å². The molecule has 3 unspecified atom stereocenters. The fourth-order valence-electron chi connectivity index (χ4n) is 4.16. The van der Waals surface area contributed by atoms with Crippen molar-refractivity contribution in [2.45, 2.75) is 69.6 Å². The van der Waals surface area contributed by atoms with E-state index in [0.29, 0.717) is 31.1 Å². The monoisotopic (exact) mass is 279 g/mol. The molecule has 5 heteroatoms. The molecule has 3 heterocycles. The molecule has 0 spiro atoms. The Balaban J connectivity index is 1.75. The third-order valence-corrected chi connectivity index (χ3v) is 5.37. The Morgan fingerprint density at radius 3 is 2.40 bits per heavy atom. The van der Waals surface area contributed by atoms with E-state index >= 15 is 0 Å². The van der Waals surface area contributed by atoms with Crippen LogP contribution in [0.5, 0.6) is 0 Å². The second-order valence-electron chi connectivity index (χ2n) is 6.60. The van der Waals surface area contributed by atoms with Crippen LogP contribution in [0.3, 0.4) is 0 Å². The van der Waals surface area contributed by atoms with Crippen LogP contribution in [0.15, 0.2) is 0 Å². The molecular formula is C15H25N3O2. The first-order valence-electron chi connectivity index (χ1n) is 7.88. The number of nitrogens with zero attached hydrogens (tertiary/aromatic N) is 2. The van der Waals surface area contributed by atoms with E-state index in [2.05, 4.69) is 17.3 Å². The first-order chi connectivity index (χ1) is 9.56. The number of nitrogens with one attached hydrogen (secondary N) is 1. The molecule has 3 saturated heterocycles. The normalized spacial score (nSPS) is 39.4. The molecule has 0 aromatic heterocycles. The van der Waals surface area contributed by atoms with Gasteiger partial charge in [-0.1, -0.05) is 6.42 Å². The zero-order valence-electron chi connectivity index (χ0n) is 12.5. The van der Waals surface area contributed by atoms with Crippen LogP contribution in [0.25, 0.3) is 0 Å². The minimum Gasteiger partial charge on any atom is -0.345 e. The molecular weight excluding hydrogens is 254 g/mol. The van der Waals surface area contributed by atoms with E-state index in [1.54, 1.807) is 6.92 Å². The van der Waals surface area contributed by atoms with Gasteiger partial charge in [0.15, 0.2) is 0 Å².